The summed E-state index contributed by atoms with van der Waals surface area (Å²) in [4.78, 5) is 39.2. The molecule has 0 fully saturated rings. The van der Waals surface area contributed by atoms with Gasteiger partial charge in [-0.3, -0.25) is 19.0 Å². The second-order valence-corrected chi connectivity index (χ2v) is 7.47. The van der Waals surface area contributed by atoms with E-state index in [1.54, 1.807) is 17.4 Å². The molecular weight excluding hydrogens is 427 g/mol. The first-order valence-corrected chi connectivity index (χ1v) is 8.88. The average molecular weight is 438 g/mol. The molecule has 0 spiro atoms. The van der Waals surface area contributed by atoms with Gasteiger partial charge in [-0.25, -0.2) is 0 Å². The maximum absolute atomic E-state index is 12.3. The summed E-state index contributed by atoms with van der Waals surface area (Å²) in [7, 11) is 0. The van der Waals surface area contributed by atoms with E-state index in [4.69, 9.17) is 0 Å². The van der Waals surface area contributed by atoms with Crippen molar-refractivity contribution in [2.45, 2.75) is 23.5 Å². The summed E-state index contributed by atoms with van der Waals surface area (Å²) in [6.07, 6.45) is -4.83. The minimum Gasteiger partial charge on any atom is -0.347 e. The highest BCUT2D eigenvalue weighted by atomic mass is 79.9. The van der Waals surface area contributed by atoms with Gasteiger partial charge in [-0.15, -0.1) is 11.8 Å². The van der Waals surface area contributed by atoms with Crippen LogP contribution in [0.1, 0.15) is 12.5 Å². The lowest BCUT2D eigenvalue weighted by Gasteiger charge is -2.27. The Bertz CT molecular complexity index is 970. The van der Waals surface area contributed by atoms with Crippen molar-refractivity contribution in [3.05, 3.63) is 37.3 Å². The summed E-state index contributed by atoms with van der Waals surface area (Å²) in [5.74, 6) is -0.537. The van der Waals surface area contributed by atoms with E-state index >= 15 is 0 Å². The number of thioether (sulfide) groups is 1. The van der Waals surface area contributed by atoms with Crippen molar-refractivity contribution in [3.8, 4) is 0 Å². The highest BCUT2D eigenvalue weighted by molar-refractivity contribution is 9.10. The fourth-order valence-corrected chi connectivity index (χ4v) is 4.46. The second kappa shape index (κ2) is 6.52. The molecule has 1 atom stereocenters. The zero-order valence-corrected chi connectivity index (χ0v) is 14.8. The normalized spacial score (nSPS) is 16.9. The third-order valence-corrected chi connectivity index (χ3v) is 5.28. The quantitative estimate of drug-likeness (QED) is 0.720. The van der Waals surface area contributed by atoms with E-state index in [0.29, 0.717) is 21.3 Å². The van der Waals surface area contributed by atoms with Crippen LogP contribution in [0.5, 0.6) is 0 Å². The molecule has 1 amide bonds. The minimum absolute atomic E-state index is 0.293. The van der Waals surface area contributed by atoms with Gasteiger partial charge < -0.3 is 10.3 Å². The highest BCUT2D eigenvalue weighted by Crippen LogP contribution is 2.37. The molecule has 0 saturated heterocycles. The predicted molar refractivity (Wildman–Crippen MR) is 90.0 cm³/mol. The fourth-order valence-electron chi connectivity index (χ4n) is 2.66. The number of amides is 1. The number of aromatic nitrogens is 2. The molecule has 3 rings (SSSR count). The van der Waals surface area contributed by atoms with E-state index < -0.39 is 35.8 Å². The van der Waals surface area contributed by atoms with Crippen LogP contribution in [0.3, 0.4) is 0 Å². The summed E-state index contributed by atoms with van der Waals surface area (Å²) in [5, 5.41) is 1.79. The molecule has 0 saturated carbocycles. The number of halogens is 4. The number of nitrogens with zero attached hydrogens (tertiary/aromatic N) is 1. The lowest BCUT2D eigenvalue weighted by atomic mass is 10.2. The van der Waals surface area contributed by atoms with E-state index in [0.717, 1.165) is 4.90 Å². The van der Waals surface area contributed by atoms with Gasteiger partial charge >= 0.3 is 17.3 Å². The summed E-state index contributed by atoms with van der Waals surface area (Å²) in [5.41, 5.74) is -0.784. The molecule has 1 aliphatic heterocycles. The Hall–Kier alpha value is -1.75. The average Bonchev–Trinajstić information content (AvgIpc) is 2.50. The second-order valence-electron chi connectivity index (χ2n) is 5.49. The number of carbonyl (C=O) groups excluding carboxylic acids is 1. The van der Waals surface area contributed by atoms with Crippen LogP contribution in [0.25, 0.3) is 11.0 Å². The van der Waals surface area contributed by atoms with Crippen LogP contribution >= 0.6 is 27.7 Å². The molecule has 134 valence electrons. The maximum atomic E-state index is 12.3. The van der Waals surface area contributed by atoms with Gasteiger partial charge in [-0.05, 0) is 12.1 Å². The number of hydrogen-bond acceptors (Lipinski definition) is 4. The first kappa shape index (κ1) is 18.1. The third kappa shape index (κ3) is 3.76. The van der Waals surface area contributed by atoms with Crippen molar-refractivity contribution in [1.82, 2.24) is 14.9 Å². The van der Waals surface area contributed by atoms with Crippen molar-refractivity contribution < 1.29 is 18.0 Å². The Balaban J connectivity index is 1.99. The maximum Gasteiger partial charge on any atom is 0.405 e. The molecule has 1 aliphatic rings. The van der Waals surface area contributed by atoms with Crippen molar-refractivity contribution in [2.75, 3.05) is 12.3 Å². The van der Waals surface area contributed by atoms with Gasteiger partial charge in [-0.1, -0.05) is 15.9 Å². The summed E-state index contributed by atoms with van der Waals surface area (Å²) < 4.78 is 38.5. The van der Waals surface area contributed by atoms with Crippen LogP contribution < -0.4 is 16.4 Å². The van der Waals surface area contributed by atoms with Crippen molar-refractivity contribution >= 4 is 44.6 Å². The van der Waals surface area contributed by atoms with E-state index in [2.05, 4.69) is 20.9 Å². The predicted octanol–water partition coefficient (Wildman–Crippen LogP) is 2.17. The highest BCUT2D eigenvalue weighted by Gasteiger charge is 2.30. The van der Waals surface area contributed by atoms with Crippen molar-refractivity contribution in [3.63, 3.8) is 0 Å². The Kier molecular flexibility index (Phi) is 4.71. The number of carbonyl (C=O) groups is 1. The number of alkyl halides is 3. The van der Waals surface area contributed by atoms with Gasteiger partial charge in [0.15, 0.2) is 0 Å². The van der Waals surface area contributed by atoms with E-state index in [1.165, 1.54) is 16.3 Å². The Morgan fingerprint density at radius 2 is 2.12 bits per heavy atom. The number of benzene rings is 1. The minimum atomic E-state index is -4.51. The molecular formula is C14H11BrF3N3O3S. The zero-order valence-electron chi connectivity index (χ0n) is 12.4. The van der Waals surface area contributed by atoms with Crippen molar-refractivity contribution in [2.24, 2.45) is 0 Å². The largest absolute Gasteiger partial charge is 0.405 e. The third-order valence-electron chi connectivity index (χ3n) is 3.65. The van der Waals surface area contributed by atoms with Crippen LogP contribution in [0.2, 0.25) is 0 Å². The molecule has 0 radical (unpaired) electrons. The van der Waals surface area contributed by atoms with Gasteiger partial charge in [-0.2, -0.15) is 13.2 Å². The monoisotopic (exact) mass is 437 g/mol. The van der Waals surface area contributed by atoms with Crippen molar-refractivity contribution in [1.29, 1.82) is 0 Å². The van der Waals surface area contributed by atoms with Crippen LogP contribution in [0, 0.1) is 0 Å². The molecule has 2 N–H and O–H groups in total. The number of aromatic amines is 1. The molecule has 11 heteroatoms. The number of hydrogen-bond donors (Lipinski definition) is 2. The van der Waals surface area contributed by atoms with E-state index in [-0.39, 0.29) is 6.42 Å². The van der Waals surface area contributed by atoms with Gasteiger partial charge in [0.2, 0.25) is 5.91 Å². The van der Waals surface area contributed by atoms with E-state index in [1.807, 2.05) is 0 Å². The Morgan fingerprint density at radius 3 is 2.80 bits per heavy atom. The molecule has 2 aromatic rings. The topological polar surface area (TPSA) is 84.0 Å². The fraction of sp³-hybridized carbons (Fsp3) is 0.357. The molecule has 6 nitrogen and oxygen atoms in total. The van der Waals surface area contributed by atoms with Gasteiger partial charge in [0.1, 0.15) is 6.54 Å². The molecule has 25 heavy (non-hydrogen) atoms. The van der Waals surface area contributed by atoms with Crippen LogP contribution in [0.4, 0.5) is 13.2 Å². The molecule has 0 bridgehead atoms. The lowest BCUT2D eigenvalue weighted by molar-refractivity contribution is -0.138. The zero-order chi connectivity index (χ0) is 18.4. The first-order chi connectivity index (χ1) is 11.7. The van der Waals surface area contributed by atoms with Crippen LogP contribution in [-0.4, -0.2) is 33.9 Å². The summed E-state index contributed by atoms with van der Waals surface area (Å²) in [6.45, 7) is -1.44. The lowest BCUT2D eigenvalue weighted by Crippen LogP contribution is -2.42. The first-order valence-electron chi connectivity index (χ1n) is 7.10. The molecule has 1 unspecified atom stereocenters. The van der Waals surface area contributed by atoms with Crippen LogP contribution in [-0.2, 0) is 4.79 Å². The summed E-state index contributed by atoms with van der Waals surface area (Å²) in [6, 6.07) is 2.70. The standard InChI is InChI=1S/C14H11BrF3N3O3S/c15-6-1-8-11-9(2-6)25-4-7(21(11)13(24)12(23)20-8)3-10(22)19-5-14(16,17)18/h1-2,7H,3-5H2,(H,19,22)(H,20,23). The molecule has 0 aliphatic carbocycles. The number of rotatable bonds is 3. The van der Waals surface area contributed by atoms with Gasteiger partial charge in [0.25, 0.3) is 0 Å². The number of H-pyrrole nitrogens is 1. The van der Waals surface area contributed by atoms with Gasteiger partial charge in [0.05, 0.1) is 17.1 Å². The SMILES string of the molecule is O=C(CC1CSc2cc(Br)cc3[nH]c(=O)c(=O)n1c23)NCC(F)(F)F. The summed E-state index contributed by atoms with van der Waals surface area (Å²) >= 11 is 4.69. The Labute approximate surface area is 150 Å². The Morgan fingerprint density at radius 1 is 1.40 bits per heavy atom. The number of nitrogens with one attached hydrogen (secondary N) is 2. The van der Waals surface area contributed by atoms with Gasteiger partial charge in [0, 0.05) is 21.5 Å². The smallest absolute Gasteiger partial charge is 0.347 e. The van der Waals surface area contributed by atoms with E-state index in [9.17, 15) is 27.6 Å². The van der Waals surface area contributed by atoms with Crippen LogP contribution in [0.15, 0.2) is 31.1 Å². The molecule has 1 aromatic heterocycles. The molecule has 2 heterocycles. The molecule has 1 aromatic carbocycles.